The molecule has 19 heavy (non-hydrogen) atoms. The predicted octanol–water partition coefficient (Wildman–Crippen LogP) is 4.93. The molecule has 2 rings (SSSR count). The number of rotatable bonds is 6. The highest BCUT2D eigenvalue weighted by molar-refractivity contribution is 9.10. The molecule has 1 aromatic heterocycles. The summed E-state index contributed by atoms with van der Waals surface area (Å²) >= 11 is 5.23. The van der Waals surface area contributed by atoms with Gasteiger partial charge in [-0.05, 0) is 65.5 Å². The zero-order valence-electron chi connectivity index (χ0n) is 10.8. The Morgan fingerprint density at radius 3 is 2.89 bits per heavy atom. The number of benzene rings is 1. The van der Waals surface area contributed by atoms with Gasteiger partial charge in [0.05, 0.1) is 0 Å². The fourth-order valence-corrected chi connectivity index (χ4v) is 3.37. The van der Waals surface area contributed by atoms with Crippen LogP contribution in [0.25, 0.3) is 0 Å². The fourth-order valence-electron chi connectivity index (χ4n) is 2.14. The molecule has 0 spiro atoms. The maximum absolute atomic E-state index is 13.4. The monoisotopic (exact) mass is 341 g/mol. The third-order valence-electron chi connectivity index (χ3n) is 3.09. The molecule has 0 aliphatic heterocycles. The van der Waals surface area contributed by atoms with Gasteiger partial charge in [-0.2, -0.15) is 11.3 Å². The summed E-state index contributed by atoms with van der Waals surface area (Å²) in [6.45, 7) is 2.95. The minimum atomic E-state index is -0.184. The summed E-state index contributed by atoms with van der Waals surface area (Å²) < 4.78 is 14.4. The van der Waals surface area contributed by atoms with Gasteiger partial charge in [-0.3, -0.25) is 0 Å². The average Bonchev–Trinajstić information content (AvgIpc) is 2.91. The third-order valence-corrected chi connectivity index (χ3v) is 4.54. The van der Waals surface area contributed by atoms with Gasteiger partial charge >= 0.3 is 0 Å². The predicted molar refractivity (Wildman–Crippen MR) is 83.2 cm³/mol. The molecule has 1 nitrogen and oxygen atoms in total. The molecule has 0 amide bonds. The van der Waals surface area contributed by atoms with E-state index in [2.05, 4.69) is 45.0 Å². The van der Waals surface area contributed by atoms with Crippen LogP contribution in [0.15, 0.2) is 39.5 Å². The molecule has 0 aliphatic carbocycles. The maximum atomic E-state index is 13.4. The van der Waals surface area contributed by atoms with Crippen molar-refractivity contribution in [1.29, 1.82) is 0 Å². The van der Waals surface area contributed by atoms with Crippen molar-refractivity contribution >= 4 is 27.3 Å². The van der Waals surface area contributed by atoms with Crippen molar-refractivity contribution in [3.8, 4) is 0 Å². The van der Waals surface area contributed by atoms with Crippen LogP contribution < -0.4 is 5.32 Å². The largest absolute Gasteiger partial charge is 0.310 e. The Balaban J connectivity index is 2.12. The smallest absolute Gasteiger partial charge is 0.123 e. The lowest BCUT2D eigenvalue weighted by Gasteiger charge is -2.19. The minimum absolute atomic E-state index is 0.176. The molecule has 0 saturated heterocycles. The van der Waals surface area contributed by atoms with Crippen molar-refractivity contribution in [2.75, 3.05) is 6.54 Å². The Morgan fingerprint density at radius 2 is 2.21 bits per heavy atom. The van der Waals surface area contributed by atoms with Gasteiger partial charge in [0, 0.05) is 10.5 Å². The number of halogens is 2. The van der Waals surface area contributed by atoms with Crippen LogP contribution in [0.3, 0.4) is 0 Å². The van der Waals surface area contributed by atoms with Crippen LogP contribution in [0, 0.1) is 5.82 Å². The molecule has 0 fully saturated rings. The van der Waals surface area contributed by atoms with Gasteiger partial charge < -0.3 is 5.32 Å². The maximum Gasteiger partial charge on any atom is 0.123 e. The first-order chi connectivity index (χ1) is 9.20. The van der Waals surface area contributed by atoms with Crippen LogP contribution in [0.5, 0.6) is 0 Å². The molecular weight excluding hydrogens is 325 g/mol. The number of thiophene rings is 1. The Bertz CT molecular complexity index is 513. The highest BCUT2D eigenvalue weighted by Gasteiger charge is 2.14. The van der Waals surface area contributed by atoms with Gasteiger partial charge in [0.25, 0.3) is 0 Å². The van der Waals surface area contributed by atoms with E-state index in [-0.39, 0.29) is 11.9 Å². The summed E-state index contributed by atoms with van der Waals surface area (Å²) in [5.74, 6) is -0.184. The Kier molecular flexibility index (Phi) is 5.55. The van der Waals surface area contributed by atoms with Gasteiger partial charge in [-0.25, -0.2) is 4.39 Å². The first kappa shape index (κ1) is 14.7. The van der Waals surface area contributed by atoms with Gasteiger partial charge in [0.1, 0.15) is 5.82 Å². The molecular formula is C15H17BrFNS. The third kappa shape index (κ3) is 4.13. The van der Waals surface area contributed by atoms with E-state index in [1.165, 1.54) is 11.6 Å². The van der Waals surface area contributed by atoms with E-state index in [1.807, 2.05) is 0 Å². The van der Waals surface area contributed by atoms with Gasteiger partial charge in [-0.15, -0.1) is 0 Å². The topological polar surface area (TPSA) is 12.0 Å². The lowest BCUT2D eigenvalue weighted by atomic mass is 10.00. The molecule has 1 unspecified atom stereocenters. The first-order valence-electron chi connectivity index (χ1n) is 6.40. The van der Waals surface area contributed by atoms with Crippen LogP contribution in [0.4, 0.5) is 4.39 Å². The van der Waals surface area contributed by atoms with E-state index in [0.29, 0.717) is 0 Å². The molecule has 2 aromatic rings. The summed E-state index contributed by atoms with van der Waals surface area (Å²) in [5.41, 5.74) is 2.34. The van der Waals surface area contributed by atoms with Crippen LogP contribution in [0.1, 0.15) is 30.5 Å². The Hall–Kier alpha value is -0.710. The molecule has 0 radical (unpaired) electrons. The molecule has 1 aromatic carbocycles. The molecule has 0 bridgehead atoms. The standard InChI is InChI=1S/C15H17BrFNS/c1-2-18-15(6-3-11-7-8-19-10-11)13-9-12(17)4-5-14(13)16/h4-5,7-10,15,18H,2-3,6H2,1H3. The van der Waals surface area contributed by atoms with E-state index >= 15 is 0 Å². The lowest BCUT2D eigenvalue weighted by Crippen LogP contribution is -2.22. The summed E-state index contributed by atoms with van der Waals surface area (Å²) in [5, 5.41) is 7.70. The second kappa shape index (κ2) is 7.17. The van der Waals surface area contributed by atoms with E-state index < -0.39 is 0 Å². The van der Waals surface area contributed by atoms with Gasteiger partial charge in [0.15, 0.2) is 0 Å². The van der Waals surface area contributed by atoms with Crippen molar-refractivity contribution in [3.05, 3.63) is 56.4 Å². The first-order valence-corrected chi connectivity index (χ1v) is 8.13. The highest BCUT2D eigenvalue weighted by Crippen LogP contribution is 2.28. The average molecular weight is 342 g/mol. The van der Waals surface area contributed by atoms with Crippen molar-refractivity contribution in [2.24, 2.45) is 0 Å². The fraction of sp³-hybridized carbons (Fsp3) is 0.333. The number of hydrogen-bond donors (Lipinski definition) is 1. The van der Waals surface area contributed by atoms with Crippen molar-refractivity contribution < 1.29 is 4.39 Å². The van der Waals surface area contributed by atoms with Crippen LogP contribution in [-0.4, -0.2) is 6.54 Å². The van der Waals surface area contributed by atoms with Crippen molar-refractivity contribution in [1.82, 2.24) is 5.32 Å². The summed E-state index contributed by atoms with van der Waals surface area (Å²) in [7, 11) is 0. The van der Waals surface area contributed by atoms with E-state index in [9.17, 15) is 4.39 Å². The second-order valence-electron chi connectivity index (χ2n) is 4.45. The molecule has 0 aliphatic rings. The number of hydrogen-bond acceptors (Lipinski definition) is 2. The second-order valence-corrected chi connectivity index (χ2v) is 6.08. The highest BCUT2D eigenvalue weighted by atomic mass is 79.9. The molecule has 1 atom stereocenters. The minimum Gasteiger partial charge on any atom is -0.310 e. The lowest BCUT2D eigenvalue weighted by molar-refractivity contribution is 0.509. The van der Waals surface area contributed by atoms with Crippen LogP contribution in [0.2, 0.25) is 0 Å². The van der Waals surface area contributed by atoms with E-state index in [1.54, 1.807) is 23.5 Å². The normalized spacial score (nSPS) is 12.6. The zero-order valence-corrected chi connectivity index (χ0v) is 13.2. The van der Waals surface area contributed by atoms with Crippen molar-refractivity contribution in [2.45, 2.75) is 25.8 Å². The summed E-state index contributed by atoms with van der Waals surface area (Å²) in [4.78, 5) is 0. The Morgan fingerprint density at radius 1 is 1.37 bits per heavy atom. The van der Waals surface area contributed by atoms with Gasteiger partial charge in [-0.1, -0.05) is 22.9 Å². The quantitative estimate of drug-likeness (QED) is 0.785. The van der Waals surface area contributed by atoms with Crippen LogP contribution >= 0.6 is 27.3 Å². The van der Waals surface area contributed by atoms with Gasteiger partial charge in [0.2, 0.25) is 0 Å². The molecule has 1 heterocycles. The summed E-state index contributed by atoms with van der Waals surface area (Å²) in [6.07, 6.45) is 1.97. The van der Waals surface area contributed by atoms with E-state index in [0.717, 1.165) is 29.4 Å². The molecule has 1 N–H and O–H groups in total. The zero-order chi connectivity index (χ0) is 13.7. The van der Waals surface area contributed by atoms with E-state index in [4.69, 9.17) is 0 Å². The SMILES string of the molecule is CCNC(CCc1ccsc1)c1cc(F)ccc1Br. The number of nitrogens with one attached hydrogen (secondary N) is 1. The van der Waals surface area contributed by atoms with Crippen LogP contribution in [-0.2, 0) is 6.42 Å². The Labute approximate surface area is 126 Å². The molecule has 4 heteroatoms. The van der Waals surface area contributed by atoms with Crippen molar-refractivity contribution in [3.63, 3.8) is 0 Å². The summed E-state index contributed by atoms with van der Waals surface area (Å²) in [6, 6.07) is 7.20. The molecule has 102 valence electrons. The molecule has 0 saturated carbocycles. The number of aryl methyl sites for hydroxylation is 1.